The normalized spacial score (nSPS) is 29.2. The number of esters is 3. The number of carbonyl (C=O) groups excluding carboxylic acids is 3. The van der Waals surface area contributed by atoms with Gasteiger partial charge in [-0.15, -0.1) is 0 Å². The lowest BCUT2D eigenvalue weighted by Gasteiger charge is -2.46. The van der Waals surface area contributed by atoms with Crippen LogP contribution in [-0.4, -0.2) is 69.3 Å². The third-order valence-corrected chi connectivity index (χ3v) is 10.2. The summed E-state index contributed by atoms with van der Waals surface area (Å²) in [4.78, 5) is 54.1. The molecule has 0 spiro atoms. The Labute approximate surface area is 288 Å². The molecule has 6 atom stereocenters. The number of nitrogens with zero attached hydrogens (tertiary/aromatic N) is 2. The van der Waals surface area contributed by atoms with Crippen LogP contribution in [0, 0.1) is 11.3 Å². The average Bonchev–Trinajstić information content (AvgIpc) is 3.56. The van der Waals surface area contributed by atoms with E-state index >= 15 is 0 Å². The van der Waals surface area contributed by atoms with E-state index < -0.39 is 46.7 Å². The molecular weight excluding hydrogens is 628 g/mol. The highest BCUT2D eigenvalue weighted by Crippen LogP contribution is 2.57. The Morgan fingerprint density at radius 1 is 1.04 bits per heavy atom. The molecule has 3 heterocycles. The van der Waals surface area contributed by atoms with Crippen molar-refractivity contribution >= 4 is 17.9 Å². The molecule has 2 aliphatic carbocycles. The smallest absolute Gasteiger partial charge is 0.340 e. The minimum absolute atomic E-state index is 0.0911. The van der Waals surface area contributed by atoms with Crippen LogP contribution < -0.4 is 0 Å². The molecule has 1 N–H and O–H groups in total. The van der Waals surface area contributed by atoms with Crippen molar-refractivity contribution in [2.75, 3.05) is 6.61 Å². The maximum atomic E-state index is 13.8. The van der Waals surface area contributed by atoms with Crippen molar-refractivity contribution in [1.82, 2.24) is 9.97 Å². The van der Waals surface area contributed by atoms with Gasteiger partial charge in [-0.1, -0.05) is 31.4 Å². The molecule has 1 aliphatic heterocycles. The first kappa shape index (κ1) is 36.4. The van der Waals surface area contributed by atoms with Crippen LogP contribution in [0.1, 0.15) is 107 Å². The molecule has 0 saturated carbocycles. The molecule has 0 amide bonds. The predicted molar refractivity (Wildman–Crippen MR) is 179 cm³/mol. The minimum atomic E-state index is -1.25. The van der Waals surface area contributed by atoms with Crippen molar-refractivity contribution in [1.29, 1.82) is 0 Å². The van der Waals surface area contributed by atoms with E-state index in [9.17, 15) is 19.6 Å². The molecule has 1 saturated heterocycles. The van der Waals surface area contributed by atoms with Crippen LogP contribution in [0.3, 0.4) is 0 Å². The zero-order valence-electron chi connectivity index (χ0n) is 29.1. The fourth-order valence-electron chi connectivity index (χ4n) is 7.27. The summed E-state index contributed by atoms with van der Waals surface area (Å²) >= 11 is 0. The Hall–Kier alpha value is -3.93. The number of fused-ring (bicyclic) bond motifs is 2. The van der Waals surface area contributed by atoms with E-state index in [0.717, 1.165) is 18.4 Å². The molecule has 11 nitrogen and oxygen atoms in total. The molecule has 2 aromatic rings. The molecule has 264 valence electrons. The fourth-order valence-corrected chi connectivity index (χ4v) is 7.27. The molecule has 0 bridgehead atoms. The number of pyridine rings is 2. The largest absolute Gasteiger partial charge is 0.465 e. The van der Waals surface area contributed by atoms with Crippen molar-refractivity contribution < 1.29 is 43.5 Å². The summed E-state index contributed by atoms with van der Waals surface area (Å²) in [5.74, 6) is -2.32. The van der Waals surface area contributed by atoms with Gasteiger partial charge in [-0.3, -0.25) is 20.0 Å². The molecule has 49 heavy (non-hydrogen) atoms. The highest BCUT2D eigenvalue weighted by molar-refractivity contribution is 5.89. The summed E-state index contributed by atoms with van der Waals surface area (Å²) in [7, 11) is 0. The third kappa shape index (κ3) is 8.28. The average molecular weight is 677 g/mol. The van der Waals surface area contributed by atoms with Gasteiger partial charge in [-0.05, 0) is 89.3 Å². The van der Waals surface area contributed by atoms with Crippen LogP contribution in [-0.2, 0) is 28.6 Å². The van der Waals surface area contributed by atoms with Gasteiger partial charge in [0, 0.05) is 43.5 Å². The zero-order chi connectivity index (χ0) is 35.2. The number of hydrogen-bond acceptors (Lipinski definition) is 11. The van der Waals surface area contributed by atoms with Gasteiger partial charge in [0.15, 0.2) is 0 Å². The summed E-state index contributed by atoms with van der Waals surface area (Å²) in [5, 5.41) is 10.2. The van der Waals surface area contributed by atoms with Gasteiger partial charge < -0.3 is 18.9 Å². The maximum absolute atomic E-state index is 13.8. The summed E-state index contributed by atoms with van der Waals surface area (Å²) in [6.45, 7) is 9.32. The molecule has 2 aromatic heterocycles. The monoisotopic (exact) mass is 676 g/mol. The van der Waals surface area contributed by atoms with Crippen molar-refractivity contribution in [3.63, 3.8) is 0 Å². The van der Waals surface area contributed by atoms with E-state index in [4.69, 9.17) is 23.8 Å². The Bertz CT molecular complexity index is 1540. The zero-order valence-corrected chi connectivity index (χ0v) is 29.1. The number of ether oxygens (including phenoxy) is 4. The molecule has 0 aromatic carbocycles. The highest BCUT2D eigenvalue weighted by Gasteiger charge is 2.62. The van der Waals surface area contributed by atoms with E-state index in [0.29, 0.717) is 31.3 Å². The highest BCUT2D eigenvalue weighted by atomic mass is 17.1. The van der Waals surface area contributed by atoms with Gasteiger partial charge in [0.1, 0.15) is 24.4 Å². The van der Waals surface area contributed by atoms with Crippen molar-refractivity contribution in [3.05, 3.63) is 83.5 Å². The second kappa shape index (κ2) is 15.3. The van der Waals surface area contributed by atoms with Gasteiger partial charge in [0.05, 0.1) is 28.2 Å². The second-order valence-corrected chi connectivity index (χ2v) is 14.2. The van der Waals surface area contributed by atoms with Gasteiger partial charge >= 0.3 is 17.9 Å². The number of allylic oxidation sites excluding steroid dienone is 2. The first-order valence-corrected chi connectivity index (χ1v) is 17.2. The van der Waals surface area contributed by atoms with Gasteiger partial charge in [0.25, 0.3) is 0 Å². The van der Waals surface area contributed by atoms with Crippen LogP contribution in [0.2, 0.25) is 0 Å². The van der Waals surface area contributed by atoms with E-state index in [1.165, 1.54) is 12.4 Å². The topological polar surface area (TPSA) is 147 Å². The number of carbonyl (C=O) groups is 3. The lowest BCUT2D eigenvalue weighted by molar-refractivity contribution is -0.303. The summed E-state index contributed by atoms with van der Waals surface area (Å²) in [6.07, 6.45) is 12.6. The fraction of sp³-hybridized carbons (Fsp3) is 0.553. The van der Waals surface area contributed by atoms with E-state index in [2.05, 4.69) is 16.9 Å². The van der Waals surface area contributed by atoms with Crippen LogP contribution in [0.4, 0.5) is 0 Å². The standard InChI is InChI=1S/C38H48N2O9/c1-6-7-8-13-32(41)45-24-38-17-16-28(36(3,4)49-44)33(38)29(46-34(42)26-11-9-18-39-22-26)21-37(5)30(48-37)15-14-25(2)20-31(38)47-35(43)27-12-10-19-40-23-27/h9-12,16,18-20,22-23,29-31,33,44H,6-8,13-15,17,21,24H2,1-5H3/b25-20+/t29?,30-,31+,33-,37+,38+/m1/s1. The number of rotatable bonds is 12. The summed E-state index contributed by atoms with van der Waals surface area (Å²) in [6, 6.07) is 6.56. The van der Waals surface area contributed by atoms with E-state index in [-0.39, 0.29) is 42.6 Å². The Balaban J connectivity index is 1.66. The number of aromatic nitrogens is 2. The van der Waals surface area contributed by atoms with Crippen LogP contribution >= 0.6 is 0 Å². The van der Waals surface area contributed by atoms with E-state index in [1.807, 2.05) is 26.0 Å². The third-order valence-electron chi connectivity index (χ3n) is 10.2. The molecule has 11 heteroatoms. The lowest BCUT2D eigenvalue weighted by Crippen LogP contribution is -2.53. The second-order valence-electron chi connectivity index (χ2n) is 14.2. The summed E-state index contributed by atoms with van der Waals surface area (Å²) < 4.78 is 25.2. The van der Waals surface area contributed by atoms with Gasteiger partial charge in [-0.2, -0.15) is 0 Å². The molecule has 1 fully saturated rings. The molecule has 3 aliphatic rings. The van der Waals surface area contributed by atoms with Crippen LogP contribution in [0.5, 0.6) is 0 Å². The Kier molecular flexibility index (Phi) is 11.4. The SMILES string of the molecule is CCCCCC(=O)OC[C@]12CC=C(C(C)(C)OO)[C@@H]1C(OC(=O)c1cccnc1)C[C@]1(C)O[C@@H]1CC/C(C)=C/[C@@H]2OC(=O)c1cccnc1. The van der Waals surface area contributed by atoms with Crippen LogP contribution in [0.15, 0.2) is 72.4 Å². The minimum Gasteiger partial charge on any atom is -0.465 e. The summed E-state index contributed by atoms with van der Waals surface area (Å²) in [5.41, 5.74) is -0.931. The Morgan fingerprint density at radius 3 is 2.33 bits per heavy atom. The lowest BCUT2D eigenvalue weighted by atomic mass is 9.65. The van der Waals surface area contributed by atoms with Crippen LogP contribution in [0.25, 0.3) is 0 Å². The number of unbranched alkanes of at least 4 members (excludes halogenated alkanes) is 2. The molecule has 0 radical (unpaired) electrons. The number of hydrogen-bond donors (Lipinski definition) is 1. The Morgan fingerprint density at radius 2 is 1.71 bits per heavy atom. The molecular formula is C38H48N2O9. The van der Waals surface area contributed by atoms with Gasteiger partial charge in [-0.25, -0.2) is 14.5 Å². The first-order valence-electron chi connectivity index (χ1n) is 17.2. The predicted octanol–water partition coefficient (Wildman–Crippen LogP) is 6.84. The first-order chi connectivity index (χ1) is 23.4. The van der Waals surface area contributed by atoms with Crippen molar-refractivity contribution in [2.24, 2.45) is 11.3 Å². The molecule has 1 unspecified atom stereocenters. The maximum Gasteiger partial charge on any atom is 0.340 e. The number of epoxide rings is 1. The quantitative estimate of drug-likeness (QED) is 0.0479. The van der Waals surface area contributed by atoms with E-state index in [1.54, 1.807) is 50.5 Å². The van der Waals surface area contributed by atoms with Crippen molar-refractivity contribution in [3.8, 4) is 0 Å². The molecule has 5 rings (SSSR count). The van der Waals surface area contributed by atoms with Gasteiger partial charge in [0.2, 0.25) is 0 Å². The van der Waals surface area contributed by atoms with Crippen molar-refractivity contribution in [2.45, 2.75) is 115 Å².